The first-order valence-electron chi connectivity index (χ1n) is 5.10. The maximum Gasteiger partial charge on any atom is 0.307 e. The van der Waals surface area contributed by atoms with Gasteiger partial charge < -0.3 is 5.11 Å². The smallest absolute Gasteiger partial charge is 0.307 e. The summed E-state index contributed by atoms with van der Waals surface area (Å²) in [5.74, 6) is 0.0498. The molecule has 2 nitrogen and oxygen atoms in total. The number of aliphatic carboxylic acids is 1. The molecule has 0 aromatic carbocycles. The van der Waals surface area contributed by atoms with E-state index >= 15 is 0 Å². The van der Waals surface area contributed by atoms with Crippen molar-refractivity contribution in [2.24, 2.45) is 23.2 Å². The minimum Gasteiger partial charge on any atom is -0.481 e. The second-order valence-corrected chi connectivity index (χ2v) is 5.09. The molecule has 0 aromatic rings. The van der Waals surface area contributed by atoms with Gasteiger partial charge >= 0.3 is 5.97 Å². The first-order valence-corrected chi connectivity index (χ1v) is 5.10. The van der Waals surface area contributed by atoms with E-state index in [0.717, 1.165) is 12.8 Å². The van der Waals surface area contributed by atoms with Crippen molar-refractivity contribution in [3.05, 3.63) is 0 Å². The highest BCUT2D eigenvalue weighted by Crippen LogP contribution is 2.47. The molecule has 0 bridgehead atoms. The molecule has 0 saturated heterocycles. The van der Waals surface area contributed by atoms with E-state index in [1.165, 1.54) is 0 Å². The monoisotopic (exact) mass is 184 g/mol. The normalized spacial score (nSPS) is 38.6. The number of carbonyl (C=O) groups is 1. The molecular weight excluding hydrogens is 164 g/mol. The van der Waals surface area contributed by atoms with Crippen molar-refractivity contribution in [1.82, 2.24) is 0 Å². The summed E-state index contributed by atoms with van der Waals surface area (Å²) in [7, 11) is 0. The molecule has 1 N–H and O–H groups in total. The van der Waals surface area contributed by atoms with Gasteiger partial charge in [0, 0.05) is 0 Å². The molecule has 0 heterocycles. The van der Waals surface area contributed by atoms with Gasteiger partial charge in [-0.3, -0.25) is 4.79 Å². The minimum atomic E-state index is -0.621. The molecule has 0 spiro atoms. The van der Waals surface area contributed by atoms with E-state index in [9.17, 15) is 4.79 Å². The SMILES string of the molecule is CC1CCC(C)C(C)(C)C1C(=O)O. The molecule has 0 radical (unpaired) electrons. The van der Waals surface area contributed by atoms with E-state index in [2.05, 4.69) is 27.7 Å². The third kappa shape index (κ3) is 1.72. The lowest BCUT2D eigenvalue weighted by Gasteiger charge is -2.45. The van der Waals surface area contributed by atoms with E-state index in [1.807, 2.05) is 0 Å². The Bertz CT molecular complexity index is 208. The fourth-order valence-electron chi connectivity index (χ4n) is 2.65. The summed E-state index contributed by atoms with van der Waals surface area (Å²) in [6, 6.07) is 0. The van der Waals surface area contributed by atoms with Gasteiger partial charge in [-0.25, -0.2) is 0 Å². The number of rotatable bonds is 1. The van der Waals surface area contributed by atoms with E-state index in [-0.39, 0.29) is 11.3 Å². The van der Waals surface area contributed by atoms with Crippen LogP contribution in [0.4, 0.5) is 0 Å². The highest BCUT2D eigenvalue weighted by Gasteiger charge is 2.45. The van der Waals surface area contributed by atoms with Gasteiger partial charge in [0.15, 0.2) is 0 Å². The third-order valence-electron chi connectivity index (χ3n) is 3.96. The highest BCUT2D eigenvalue weighted by atomic mass is 16.4. The maximum absolute atomic E-state index is 11.1. The van der Waals surface area contributed by atoms with Gasteiger partial charge in [-0.15, -0.1) is 0 Å². The topological polar surface area (TPSA) is 37.3 Å². The van der Waals surface area contributed by atoms with Crippen molar-refractivity contribution in [2.75, 3.05) is 0 Å². The van der Waals surface area contributed by atoms with Crippen LogP contribution in [-0.4, -0.2) is 11.1 Å². The van der Waals surface area contributed by atoms with E-state index < -0.39 is 5.97 Å². The molecule has 0 aromatic heterocycles. The Kier molecular flexibility index (Phi) is 2.69. The van der Waals surface area contributed by atoms with Gasteiger partial charge in [0.25, 0.3) is 0 Å². The van der Waals surface area contributed by atoms with Crippen molar-refractivity contribution in [3.8, 4) is 0 Å². The lowest BCUT2D eigenvalue weighted by atomic mass is 9.59. The Labute approximate surface area is 80.3 Å². The Morgan fingerprint density at radius 3 is 2.23 bits per heavy atom. The molecule has 1 rings (SSSR count). The number of carboxylic acid groups (broad SMARTS) is 1. The van der Waals surface area contributed by atoms with Crippen LogP contribution in [0.1, 0.15) is 40.5 Å². The molecule has 3 unspecified atom stereocenters. The van der Waals surface area contributed by atoms with Crippen LogP contribution in [0.3, 0.4) is 0 Å². The zero-order valence-electron chi connectivity index (χ0n) is 9.00. The average molecular weight is 184 g/mol. The van der Waals surface area contributed by atoms with Gasteiger partial charge in [-0.1, -0.05) is 27.7 Å². The molecule has 1 aliphatic rings. The number of hydrogen-bond acceptors (Lipinski definition) is 1. The zero-order chi connectivity index (χ0) is 10.2. The fraction of sp³-hybridized carbons (Fsp3) is 0.909. The molecular formula is C11H20O2. The van der Waals surface area contributed by atoms with E-state index in [1.54, 1.807) is 0 Å². The zero-order valence-corrected chi connectivity index (χ0v) is 9.00. The van der Waals surface area contributed by atoms with Crippen LogP contribution in [0, 0.1) is 23.2 Å². The number of hydrogen-bond donors (Lipinski definition) is 1. The van der Waals surface area contributed by atoms with Gasteiger partial charge in [0.2, 0.25) is 0 Å². The standard InChI is InChI=1S/C11H20O2/c1-7-5-6-8(2)11(3,4)9(7)10(12)13/h7-9H,5-6H2,1-4H3,(H,12,13). The molecule has 0 aliphatic heterocycles. The van der Waals surface area contributed by atoms with E-state index in [4.69, 9.17) is 5.11 Å². The predicted molar refractivity (Wildman–Crippen MR) is 52.5 cm³/mol. The molecule has 1 aliphatic carbocycles. The highest BCUT2D eigenvalue weighted by molar-refractivity contribution is 5.71. The summed E-state index contributed by atoms with van der Waals surface area (Å²) in [5.41, 5.74) is -0.0521. The van der Waals surface area contributed by atoms with Crippen LogP contribution in [0.25, 0.3) is 0 Å². The minimum absolute atomic E-state index is 0.0521. The molecule has 3 atom stereocenters. The maximum atomic E-state index is 11.1. The Balaban J connectivity index is 2.91. The first kappa shape index (κ1) is 10.6. The summed E-state index contributed by atoms with van der Waals surface area (Å²) >= 11 is 0. The van der Waals surface area contributed by atoms with Crippen LogP contribution in [0.2, 0.25) is 0 Å². The summed E-state index contributed by atoms with van der Waals surface area (Å²) in [4.78, 5) is 11.1. The fourth-order valence-corrected chi connectivity index (χ4v) is 2.65. The van der Waals surface area contributed by atoms with Crippen molar-refractivity contribution < 1.29 is 9.90 Å². The van der Waals surface area contributed by atoms with Crippen molar-refractivity contribution >= 4 is 5.97 Å². The third-order valence-corrected chi connectivity index (χ3v) is 3.96. The van der Waals surface area contributed by atoms with Crippen LogP contribution in [-0.2, 0) is 4.79 Å². The second kappa shape index (κ2) is 3.32. The lowest BCUT2D eigenvalue weighted by molar-refractivity contribution is -0.153. The van der Waals surface area contributed by atoms with Crippen molar-refractivity contribution in [2.45, 2.75) is 40.5 Å². The second-order valence-electron chi connectivity index (χ2n) is 5.09. The van der Waals surface area contributed by atoms with Gasteiger partial charge in [-0.05, 0) is 30.1 Å². The lowest BCUT2D eigenvalue weighted by Crippen LogP contribution is -2.43. The molecule has 1 fully saturated rings. The molecule has 13 heavy (non-hydrogen) atoms. The molecule has 76 valence electrons. The summed E-state index contributed by atoms with van der Waals surface area (Å²) in [6.45, 7) is 8.41. The number of carboxylic acids is 1. The average Bonchev–Trinajstić information content (AvgIpc) is 1.96. The Morgan fingerprint density at radius 2 is 1.85 bits per heavy atom. The Hall–Kier alpha value is -0.530. The van der Waals surface area contributed by atoms with Gasteiger partial charge in [-0.2, -0.15) is 0 Å². The first-order chi connectivity index (χ1) is 5.87. The van der Waals surface area contributed by atoms with Crippen molar-refractivity contribution in [3.63, 3.8) is 0 Å². The van der Waals surface area contributed by atoms with Crippen molar-refractivity contribution in [1.29, 1.82) is 0 Å². The summed E-state index contributed by atoms with van der Waals surface area (Å²) < 4.78 is 0. The quantitative estimate of drug-likeness (QED) is 0.680. The molecule has 1 saturated carbocycles. The van der Waals surface area contributed by atoms with Crippen LogP contribution in [0.5, 0.6) is 0 Å². The van der Waals surface area contributed by atoms with Crippen LogP contribution >= 0.6 is 0 Å². The summed E-state index contributed by atoms with van der Waals surface area (Å²) in [5, 5.41) is 9.16. The predicted octanol–water partition coefficient (Wildman–Crippen LogP) is 2.78. The van der Waals surface area contributed by atoms with Gasteiger partial charge in [0.05, 0.1) is 5.92 Å². The van der Waals surface area contributed by atoms with E-state index in [0.29, 0.717) is 11.8 Å². The van der Waals surface area contributed by atoms with Crippen LogP contribution in [0.15, 0.2) is 0 Å². The molecule has 2 heteroatoms. The largest absolute Gasteiger partial charge is 0.481 e. The summed E-state index contributed by atoms with van der Waals surface area (Å²) in [6.07, 6.45) is 2.22. The van der Waals surface area contributed by atoms with Gasteiger partial charge in [0.1, 0.15) is 0 Å². The Morgan fingerprint density at radius 1 is 1.31 bits per heavy atom. The molecule has 0 amide bonds. The van der Waals surface area contributed by atoms with Crippen LogP contribution < -0.4 is 0 Å².